The summed E-state index contributed by atoms with van der Waals surface area (Å²) < 4.78 is 2.33. The molecular weight excluding hydrogens is 454 g/mol. The van der Waals surface area contributed by atoms with E-state index < -0.39 is 5.60 Å². The van der Waals surface area contributed by atoms with Crippen molar-refractivity contribution in [2.24, 2.45) is 5.92 Å². The molecule has 1 unspecified atom stereocenters. The topological polar surface area (TPSA) is 50.9 Å². The van der Waals surface area contributed by atoms with E-state index in [0.717, 1.165) is 16.8 Å². The number of para-hydroxylation sites is 1. The Kier molecular flexibility index (Phi) is 6.47. The minimum absolute atomic E-state index is 0.184. The molecule has 37 heavy (non-hydrogen) atoms. The van der Waals surface area contributed by atoms with Crippen molar-refractivity contribution in [3.8, 4) is 11.3 Å². The molecule has 4 heteroatoms. The van der Waals surface area contributed by atoms with Crippen LogP contribution in [0, 0.1) is 5.92 Å². The van der Waals surface area contributed by atoms with Gasteiger partial charge in [-0.2, -0.15) is 0 Å². The number of fused-ring (bicyclic) bond motifs is 1. The summed E-state index contributed by atoms with van der Waals surface area (Å²) >= 11 is 0. The van der Waals surface area contributed by atoms with Gasteiger partial charge in [0.25, 0.3) is 0 Å². The highest BCUT2D eigenvalue weighted by Crippen LogP contribution is 2.43. The molecule has 5 rings (SSSR count). The lowest BCUT2D eigenvalue weighted by atomic mass is 9.68. The number of nitrogens with zero attached hydrogens (tertiary/aromatic N) is 3. The molecule has 3 aromatic heterocycles. The molecule has 0 saturated heterocycles. The maximum Gasteiger partial charge on any atom is 0.101 e. The van der Waals surface area contributed by atoms with Gasteiger partial charge >= 0.3 is 0 Å². The zero-order chi connectivity index (χ0) is 26.2. The summed E-state index contributed by atoms with van der Waals surface area (Å²) in [5, 5.41) is 11.5. The van der Waals surface area contributed by atoms with Crippen LogP contribution < -0.4 is 0 Å². The van der Waals surface area contributed by atoms with Gasteiger partial charge in [-0.25, -0.2) is 0 Å². The van der Waals surface area contributed by atoms with E-state index in [9.17, 15) is 5.11 Å². The summed E-state index contributed by atoms with van der Waals surface area (Å²) in [6.45, 7) is 11.2. The summed E-state index contributed by atoms with van der Waals surface area (Å²) in [6, 6.07) is 27.6. The molecule has 5 aromatic rings. The van der Waals surface area contributed by atoms with Gasteiger partial charge in [0.2, 0.25) is 0 Å². The number of pyridine rings is 2. The minimum atomic E-state index is -0.947. The van der Waals surface area contributed by atoms with Crippen molar-refractivity contribution in [2.45, 2.75) is 52.2 Å². The molecule has 0 aliphatic carbocycles. The third-order valence-electron chi connectivity index (χ3n) is 7.75. The van der Waals surface area contributed by atoms with Crippen LogP contribution in [0.3, 0.4) is 0 Å². The normalized spacial score (nSPS) is 13.7. The highest BCUT2D eigenvalue weighted by atomic mass is 16.3. The Hall–Kier alpha value is -3.76. The van der Waals surface area contributed by atoms with Gasteiger partial charge in [0.15, 0.2) is 0 Å². The van der Waals surface area contributed by atoms with E-state index in [1.165, 1.54) is 22.0 Å². The highest BCUT2D eigenvalue weighted by Gasteiger charge is 2.35. The number of hydrogen-bond donors (Lipinski definition) is 1. The first-order chi connectivity index (χ1) is 17.7. The van der Waals surface area contributed by atoms with Crippen molar-refractivity contribution in [3.05, 3.63) is 120 Å². The summed E-state index contributed by atoms with van der Waals surface area (Å²) in [5.74, 6) is 0.375. The summed E-state index contributed by atoms with van der Waals surface area (Å²) in [6.07, 6.45) is 6.03. The second-order valence-corrected chi connectivity index (χ2v) is 10.9. The quantitative estimate of drug-likeness (QED) is 0.260. The van der Waals surface area contributed by atoms with E-state index in [0.29, 0.717) is 18.2 Å². The first-order valence-electron chi connectivity index (χ1n) is 13.0. The van der Waals surface area contributed by atoms with Crippen LogP contribution in [0.2, 0.25) is 0 Å². The Labute approximate surface area is 219 Å². The summed E-state index contributed by atoms with van der Waals surface area (Å²) in [4.78, 5) is 9.04. The van der Waals surface area contributed by atoms with Crippen molar-refractivity contribution in [1.82, 2.24) is 14.5 Å². The van der Waals surface area contributed by atoms with E-state index in [2.05, 4.69) is 96.1 Å². The molecule has 1 N–H and O–H groups in total. The van der Waals surface area contributed by atoms with E-state index in [4.69, 9.17) is 0 Å². The Balaban J connectivity index is 1.56. The number of rotatable bonds is 7. The first-order valence-corrected chi connectivity index (χ1v) is 13.0. The second-order valence-electron chi connectivity index (χ2n) is 10.9. The molecule has 0 radical (unpaired) electrons. The van der Waals surface area contributed by atoms with Crippen LogP contribution >= 0.6 is 0 Å². The molecule has 4 nitrogen and oxygen atoms in total. The van der Waals surface area contributed by atoms with Crippen molar-refractivity contribution in [3.63, 3.8) is 0 Å². The van der Waals surface area contributed by atoms with Crippen molar-refractivity contribution in [2.75, 3.05) is 0 Å². The number of aliphatic hydroxyl groups is 1. The molecule has 0 spiro atoms. The Bertz CT molecular complexity index is 1490. The predicted molar refractivity (Wildman–Crippen MR) is 151 cm³/mol. The Morgan fingerprint density at radius 2 is 1.57 bits per heavy atom. The van der Waals surface area contributed by atoms with Gasteiger partial charge in [0, 0.05) is 47.0 Å². The van der Waals surface area contributed by atoms with Gasteiger partial charge in [0.1, 0.15) is 5.60 Å². The molecule has 3 heterocycles. The summed E-state index contributed by atoms with van der Waals surface area (Å²) in [7, 11) is 0. The van der Waals surface area contributed by atoms with Gasteiger partial charge < -0.3 is 9.67 Å². The van der Waals surface area contributed by atoms with E-state index in [1.54, 1.807) is 13.8 Å². The number of aromatic nitrogens is 3. The molecule has 0 aliphatic heterocycles. The largest absolute Gasteiger partial charge is 0.384 e. The van der Waals surface area contributed by atoms with Gasteiger partial charge in [-0.3, -0.25) is 9.97 Å². The zero-order valence-corrected chi connectivity index (χ0v) is 22.3. The van der Waals surface area contributed by atoms with Crippen molar-refractivity contribution >= 4 is 10.9 Å². The van der Waals surface area contributed by atoms with E-state index >= 15 is 0 Å². The average molecular weight is 490 g/mol. The SMILES string of the molecule is CC(C)C(C)(c1ccc(-c2ccccn2)cc1)c1cn(Cc2ccc(C(C)(C)O)nc2)c2ccccc12. The maximum atomic E-state index is 10.3. The van der Waals surface area contributed by atoms with Gasteiger partial charge in [-0.05, 0) is 60.7 Å². The molecule has 2 aromatic carbocycles. The molecule has 0 bridgehead atoms. The van der Waals surface area contributed by atoms with Crippen LogP contribution in [0.1, 0.15) is 57.0 Å². The fourth-order valence-corrected chi connectivity index (χ4v) is 5.19. The van der Waals surface area contributed by atoms with Crippen LogP contribution in [0.15, 0.2) is 97.5 Å². The standard InChI is InChI=1S/C33H35N3O/c1-23(2)33(5,26-16-14-25(15-17-26)29-11-8-9-19-34-29)28-22-36(30-12-7-6-10-27(28)30)21-24-13-18-31(35-20-24)32(3,4)37/h6-20,22-23,37H,21H2,1-5H3. The van der Waals surface area contributed by atoms with E-state index in [-0.39, 0.29) is 5.41 Å². The summed E-state index contributed by atoms with van der Waals surface area (Å²) in [5.41, 5.74) is 6.59. The van der Waals surface area contributed by atoms with Crippen LogP contribution in [0.5, 0.6) is 0 Å². The fourth-order valence-electron chi connectivity index (χ4n) is 5.19. The molecule has 0 amide bonds. The second kappa shape index (κ2) is 9.60. The molecular formula is C33H35N3O. The Morgan fingerprint density at radius 1 is 0.838 bits per heavy atom. The lowest BCUT2D eigenvalue weighted by Crippen LogP contribution is -2.30. The maximum absolute atomic E-state index is 10.3. The number of benzene rings is 2. The van der Waals surface area contributed by atoms with Gasteiger partial charge in [-0.15, -0.1) is 0 Å². The number of hydrogen-bond acceptors (Lipinski definition) is 3. The smallest absolute Gasteiger partial charge is 0.101 e. The monoisotopic (exact) mass is 489 g/mol. The van der Waals surface area contributed by atoms with Crippen LogP contribution in [0.25, 0.3) is 22.2 Å². The van der Waals surface area contributed by atoms with E-state index in [1.807, 2.05) is 36.7 Å². The zero-order valence-electron chi connectivity index (χ0n) is 22.3. The third-order valence-corrected chi connectivity index (χ3v) is 7.75. The first kappa shape index (κ1) is 24.9. The van der Waals surface area contributed by atoms with Crippen LogP contribution in [0.4, 0.5) is 0 Å². The molecule has 0 aliphatic rings. The van der Waals surface area contributed by atoms with Gasteiger partial charge in [-0.1, -0.05) is 75.4 Å². The molecule has 0 fully saturated rings. The lowest BCUT2D eigenvalue weighted by Gasteiger charge is -2.35. The Morgan fingerprint density at radius 3 is 2.19 bits per heavy atom. The fraction of sp³-hybridized carbons (Fsp3) is 0.273. The lowest BCUT2D eigenvalue weighted by molar-refractivity contribution is 0.0738. The molecule has 0 saturated carbocycles. The van der Waals surface area contributed by atoms with Crippen molar-refractivity contribution in [1.29, 1.82) is 0 Å². The predicted octanol–water partition coefficient (Wildman–Crippen LogP) is 7.34. The average Bonchev–Trinajstić information content (AvgIpc) is 3.27. The van der Waals surface area contributed by atoms with Crippen LogP contribution in [-0.2, 0) is 17.6 Å². The van der Waals surface area contributed by atoms with Crippen LogP contribution in [-0.4, -0.2) is 19.6 Å². The van der Waals surface area contributed by atoms with Crippen molar-refractivity contribution < 1.29 is 5.11 Å². The highest BCUT2D eigenvalue weighted by molar-refractivity contribution is 5.86. The third kappa shape index (κ3) is 4.70. The van der Waals surface area contributed by atoms with Gasteiger partial charge in [0.05, 0.1) is 11.4 Å². The minimum Gasteiger partial charge on any atom is -0.384 e. The molecule has 1 atom stereocenters. The molecule has 188 valence electrons.